The summed E-state index contributed by atoms with van der Waals surface area (Å²) in [6.07, 6.45) is 2.60. The number of aryl methyl sites for hydroxylation is 1. The molecule has 1 unspecified atom stereocenters. The predicted molar refractivity (Wildman–Crippen MR) is 95.0 cm³/mol. The average molecular weight is 394 g/mol. The first-order valence-corrected chi connectivity index (χ1v) is 9.05. The Labute approximate surface area is 146 Å². The van der Waals surface area contributed by atoms with Crippen LogP contribution >= 0.6 is 27.7 Å². The molecule has 0 bridgehead atoms. The molecule has 0 radical (unpaired) electrons. The number of carbonyl (C=O) groups excluding carboxylic acids is 1. The van der Waals surface area contributed by atoms with Crippen molar-refractivity contribution < 1.29 is 4.79 Å². The van der Waals surface area contributed by atoms with E-state index >= 15 is 0 Å². The number of nitrogens with one attached hydrogen (secondary N) is 2. The van der Waals surface area contributed by atoms with E-state index in [0.29, 0.717) is 5.16 Å². The second-order valence-corrected chi connectivity index (χ2v) is 7.65. The number of carbonyl (C=O) groups is 1. The summed E-state index contributed by atoms with van der Waals surface area (Å²) < 4.78 is 0.956. The third-order valence-corrected chi connectivity index (χ3v) is 5.20. The van der Waals surface area contributed by atoms with Crippen molar-refractivity contribution in [1.82, 2.24) is 9.97 Å². The van der Waals surface area contributed by atoms with Crippen LogP contribution in [-0.2, 0) is 17.6 Å². The molecule has 1 atom stereocenters. The van der Waals surface area contributed by atoms with E-state index in [2.05, 4.69) is 31.2 Å². The molecule has 1 aromatic heterocycles. The van der Waals surface area contributed by atoms with Gasteiger partial charge < -0.3 is 10.3 Å². The Balaban J connectivity index is 1.68. The molecular weight excluding hydrogens is 378 g/mol. The minimum atomic E-state index is -0.360. The Morgan fingerprint density at radius 1 is 1.35 bits per heavy atom. The van der Waals surface area contributed by atoms with Crippen LogP contribution in [0.3, 0.4) is 0 Å². The molecule has 2 N–H and O–H groups in total. The minimum Gasteiger partial charge on any atom is -0.325 e. The smallest absolute Gasteiger partial charge is 0.254 e. The second-order valence-electron chi connectivity index (χ2n) is 5.41. The normalized spacial score (nSPS) is 14.3. The number of fused-ring (bicyclic) bond motifs is 1. The van der Waals surface area contributed by atoms with Crippen LogP contribution in [0.1, 0.15) is 24.6 Å². The molecule has 120 valence electrons. The van der Waals surface area contributed by atoms with Gasteiger partial charge in [-0.25, -0.2) is 4.98 Å². The van der Waals surface area contributed by atoms with Gasteiger partial charge in [0.1, 0.15) is 0 Å². The number of rotatable bonds is 4. The van der Waals surface area contributed by atoms with Gasteiger partial charge in [-0.1, -0.05) is 27.7 Å². The first-order valence-electron chi connectivity index (χ1n) is 7.38. The van der Waals surface area contributed by atoms with E-state index in [0.717, 1.165) is 40.7 Å². The summed E-state index contributed by atoms with van der Waals surface area (Å²) in [5.74, 6) is -0.125. The fourth-order valence-corrected chi connectivity index (χ4v) is 3.55. The minimum absolute atomic E-state index is 0.0736. The van der Waals surface area contributed by atoms with Crippen LogP contribution in [0.2, 0.25) is 0 Å². The average Bonchev–Trinajstić information content (AvgIpc) is 2.98. The molecule has 1 aromatic carbocycles. The number of nitrogens with zero attached hydrogens (tertiary/aromatic N) is 1. The number of halogens is 1. The van der Waals surface area contributed by atoms with Gasteiger partial charge in [0.25, 0.3) is 5.56 Å². The third kappa shape index (κ3) is 3.84. The number of anilines is 1. The molecule has 5 nitrogen and oxygen atoms in total. The number of aromatic nitrogens is 2. The Morgan fingerprint density at radius 3 is 2.83 bits per heavy atom. The highest BCUT2D eigenvalue weighted by atomic mass is 79.9. The van der Waals surface area contributed by atoms with Crippen LogP contribution in [0.15, 0.2) is 38.7 Å². The zero-order chi connectivity index (χ0) is 16.4. The number of benzene rings is 1. The van der Waals surface area contributed by atoms with Crippen molar-refractivity contribution in [2.45, 2.75) is 36.6 Å². The Morgan fingerprint density at radius 2 is 2.09 bits per heavy atom. The van der Waals surface area contributed by atoms with Crippen molar-refractivity contribution >= 4 is 39.3 Å². The van der Waals surface area contributed by atoms with Crippen LogP contribution in [0.25, 0.3) is 0 Å². The maximum Gasteiger partial charge on any atom is 0.254 e. The molecule has 0 saturated heterocycles. The van der Waals surface area contributed by atoms with E-state index in [1.165, 1.54) is 11.8 Å². The molecule has 1 amide bonds. The van der Waals surface area contributed by atoms with Gasteiger partial charge in [-0.3, -0.25) is 9.59 Å². The number of hydrogen-bond acceptors (Lipinski definition) is 4. The molecule has 1 heterocycles. The van der Waals surface area contributed by atoms with Crippen LogP contribution in [0.5, 0.6) is 0 Å². The maximum atomic E-state index is 12.3. The van der Waals surface area contributed by atoms with Gasteiger partial charge in [0.05, 0.1) is 10.9 Å². The van der Waals surface area contributed by atoms with Crippen LogP contribution in [0.4, 0.5) is 5.69 Å². The van der Waals surface area contributed by atoms with Crippen molar-refractivity contribution in [3.05, 3.63) is 50.3 Å². The summed E-state index contributed by atoms with van der Waals surface area (Å²) in [7, 11) is 0. The first kappa shape index (κ1) is 16.3. The van der Waals surface area contributed by atoms with E-state index in [1.54, 1.807) is 6.92 Å². The van der Waals surface area contributed by atoms with Crippen molar-refractivity contribution in [2.24, 2.45) is 0 Å². The van der Waals surface area contributed by atoms with Gasteiger partial charge in [-0.05, 0) is 50.5 Å². The lowest BCUT2D eigenvalue weighted by Crippen LogP contribution is -2.23. The number of aromatic amines is 1. The van der Waals surface area contributed by atoms with Gasteiger partial charge >= 0.3 is 0 Å². The number of amides is 1. The summed E-state index contributed by atoms with van der Waals surface area (Å²) in [5, 5.41) is 3.00. The standard InChI is InChI=1S/C16H16BrN3O2S/c1-9(14(21)18-11-7-5-10(17)6-8-11)23-16-19-13-4-2-3-12(13)15(22)20-16/h5-9H,2-4H2,1H3,(H,18,21)(H,19,20,22). The van der Waals surface area contributed by atoms with Gasteiger partial charge in [-0.2, -0.15) is 0 Å². The molecule has 1 aliphatic rings. The highest BCUT2D eigenvalue weighted by molar-refractivity contribution is 9.10. The third-order valence-electron chi connectivity index (χ3n) is 3.69. The highest BCUT2D eigenvalue weighted by Crippen LogP contribution is 2.23. The molecule has 3 rings (SSSR count). The molecule has 23 heavy (non-hydrogen) atoms. The molecule has 0 aliphatic heterocycles. The molecule has 1 aliphatic carbocycles. The summed E-state index contributed by atoms with van der Waals surface area (Å²) in [6, 6.07) is 7.39. The summed E-state index contributed by atoms with van der Waals surface area (Å²) in [5.41, 5.74) is 2.33. The highest BCUT2D eigenvalue weighted by Gasteiger charge is 2.20. The molecule has 0 saturated carbocycles. The molecule has 7 heteroatoms. The SMILES string of the molecule is CC(Sc1nc2c(c(=O)[nH]1)CCC2)C(=O)Nc1ccc(Br)cc1. The van der Waals surface area contributed by atoms with Gasteiger partial charge in [0, 0.05) is 15.7 Å². The monoisotopic (exact) mass is 393 g/mol. The molecule has 0 spiro atoms. The zero-order valence-corrected chi connectivity index (χ0v) is 15.0. The molecule has 0 fully saturated rings. The Bertz CT molecular complexity index is 789. The van der Waals surface area contributed by atoms with E-state index in [1.807, 2.05) is 24.3 Å². The number of hydrogen-bond donors (Lipinski definition) is 2. The molecule has 2 aromatic rings. The topological polar surface area (TPSA) is 74.8 Å². The van der Waals surface area contributed by atoms with Crippen molar-refractivity contribution in [2.75, 3.05) is 5.32 Å². The number of H-pyrrole nitrogens is 1. The largest absolute Gasteiger partial charge is 0.325 e. The fourth-order valence-electron chi connectivity index (χ4n) is 2.47. The lowest BCUT2D eigenvalue weighted by Gasteiger charge is -2.12. The Kier molecular flexibility index (Phi) is 4.87. The van der Waals surface area contributed by atoms with Crippen LogP contribution < -0.4 is 10.9 Å². The molecular formula is C16H16BrN3O2S. The summed E-state index contributed by atoms with van der Waals surface area (Å²) in [6.45, 7) is 1.80. The summed E-state index contributed by atoms with van der Waals surface area (Å²) in [4.78, 5) is 31.5. The van der Waals surface area contributed by atoms with Crippen molar-refractivity contribution in [3.8, 4) is 0 Å². The predicted octanol–water partition coefficient (Wildman–Crippen LogP) is 3.14. The summed E-state index contributed by atoms with van der Waals surface area (Å²) >= 11 is 4.62. The van der Waals surface area contributed by atoms with E-state index in [9.17, 15) is 9.59 Å². The van der Waals surface area contributed by atoms with Gasteiger partial charge in [0.15, 0.2) is 5.16 Å². The number of thioether (sulfide) groups is 1. The fraction of sp³-hybridized carbons (Fsp3) is 0.312. The van der Waals surface area contributed by atoms with E-state index < -0.39 is 0 Å². The second kappa shape index (κ2) is 6.88. The van der Waals surface area contributed by atoms with Crippen molar-refractivity contribution in [1.29, 1.82) is 0 Å². The van der Waals surface area contributed by atoms with Crippen LogP contribution in [-0.4, -0.2) is 21.1 Å². The maximum absolute atomic E-state index is 12.3. The lowest BCUT2D eigenvalue weighted by atomic mass is 10.3. The van der Waals surface area contributed by atoms with Crippen LogP contribution in [0, 0.1) is 0 Å². The van der Waals surface area contributed by atoms with Gasteiger partial charge in [0.2, 0.25) is 5.91 Å². The van der Waals surface area contributed by atoms with Crippen molar-refractivity contribution in [3.63, 3.8) is 0 Å². The first-order chi connectivity index (χ1) is 11.0. The zero-order valence-electron chi connectivity index (χ0n) is 12.6. The lowest BCUT2D eigenvalue weighted by molar-refractivity contribution is -0.115. The van der Waals surface area contributed by atoms with Gasteiger partial charge in [-0.15, -0.1) is 0 Å². The quantitative estimate of drug-likeness (QED) is 0.617. The Hall–Kier alpha value is -1.60. The van der Waals surface area contributed by atoms with E-state index in [4.69, 9.17) is 0 Å². The van der Waals surface area contributed by atoms with E-state index in [-0.39, 0.29) is 16.7 Å².